The first-order chi connectivity index (χ1) is 8.97. The van der Waals surface area contributed by atoms with Crippen LogP contribution in [-0.4, -0.2) is 5.91 Å². The number of nitrogen functional groups attached to an aromatic ring is 1. The summed E-state index contributed by atoms with van der Waals surface area (Å²) in [6.45, 7) is 0. The Kier molecular flexibility index (Phi) is 4.34. The second-order valence-corrected chi connectivity index (χ2v) is 5.54. The number of hydrogen-bond acceptors (Lipinski definition) is 2. The number of benzene rings is 2. The van der Waals surface area contributed by atoms with Crippen molar-refractivity contribution in [3.8, 4) is 0 Å². The summed E-state index contributed by atoms with van der Waals surface area (Å²) in [5, 5.41) is 3.47. The maximum atomic E-state index is 12.1. The Morgan fingerprint density at radius 2 is 1.84 bits per heavy atom. The van der Waals surface area contributed by atoms with Crippen molar-refractivity contribution in [3.05, 3.63) is 56.5 Å². The van der Waals surface area contributed by atoms with Crippen molar-refractivity contribution in [3.63, 3.8) is 0 Å². The third-order valence-corrected chi connectivity index (χ3v) is 3.58. The highest BCUT2D eigenvalue weighted by Gasteiger charge is 2.11. The van der Waals surface area contributed by atoms with Gasteiger partial charge in [-0.3, -0.25) is 4.79 Å². The Labute approximate surface area is 128 Å². The largest absolute Gasteiger partial charge is 0.398 e. The highest BCUT2D eigenvalue weighted by molar-refractivity contribution is 9.10. The number of amides is 1. The van der Waals surface area contributed by atoms with E-state index in [0.29, 0.717) is 27.0 Å². The molecule has 0 bridgehead atoms. The minimum Gasteiger partial charge on any atom is -0.398 e. The molecule has 0 heterocycles. The van der Waals surface area contributed by atoms with Crippen LogP contribution >= 0.6 is 39.1 Å². The molecule has 2 aromatic rings. The normalized spacial score (nSPS) is 10.3. The van der Waals surface area contributed by atoms with Crippen molar-refractivity contribution >= 4 is 56.4 Å². The zero-order valence-corrected chi connectivity index (χ0v) is 12.7. The maximum absolute atomic E-state index is 12.1. The van der Waals surface area contributed by atoms with Crippen LogP contribution in [0.25, 0.3) is 0 Å². The molecule has 3 nitrogen and oxygen atoms in total. The van der Waals surface area contributed by atoms with Crippen LogP contribution in [0.15, 0.2) is 40.9 Å². The summed E-state index contributed by atoms with van der Waals surface area (Å²) in [7, 11) is 0. The Morgan fingerprint density at radius 3 is 2.53 bits per heavy atom. The summed E-state index contributed by atoms with van der Waals surface area (Å²) in [6.07, 6.45) is 0. The van der Waals surface area contributed by atoms with Crippen LogP contribution in [0.2, 0.25) is 10.0 Å². The van der Waals surface area contributed by atoms with Gasteiger partial charge in [-0.05, 0) is 36.4 Å². The summed E-state index contributed by atoms with van der Waals surface area (Å²) >= 11 is 15.2. The highest BCUT2D eigenvalue weighted by Crippen LogP contribution is 2.25. The van der Waals surface area contributed by atoms with Crippen LogP contribution in [0, 0.1) is 0 Å². The van der Waals surface area contributed by atoms with E-state index >= 15 is 0 Å². The predicted octanol–water partition coefficient (Wildman–Crippen LogP) is 4.59. The number of anilines is 2. The zero-order valence-electron chi connectivity index (χ0n) is 9.58. The zero-order chi connectivity index (χ0) is 14.0. The lowest BCUT2D eigenvalue weighted by atomic mass is 10.2. The molecule has 0 spiro atoms. The first-order valence-corrected chi connectivity index (χ1v) is 6.83. The van der Waals surface area contributed by atoms with E-state index in [0.717, 1.165) is 4.47 Å². The van der Waals surface area contributed by atoms with E-state index in [9.17, 15) is 4.79 Å². The molecule has 6 heteroatoms. The van der Waals surface area contributed by atoms with Gasteiger partial charge in [0.2, 0.25) is 0 Å². The fourth-order valence-electron chi connectivity index (χ4n) is 1.47. The van der Waals surface area contributed by atoms with Crippen molar-refractivity contribution in [2.45, 2.75) is 0 Å². The molecule has 0 aromatic heterocycles. The van der Waals surface area contributed by atoms with Gasteiger partial charge in [0.1, 0.15) is 0 Å². The second kappa shape index (κ2) is 5.82. The lowest BCUT2D eigenvalue weighted by Gasteiger charge is -2.08. The van der Waals surface area contributed by atoms with Gasteiger partial charge in [-0.25, -0.2) is 0 Å². The first-order valence-electron chi connectivity index (χ1n) is 5.29. The fourth-order valence-corrected chi connectivity index (χ4v) is 2.22. The predicted molar refractivity (Wildman–Crippen MR) is 83.0 cm³/mol. The summed E-state index contributed by atoms with van der Waals surface area (Å²) in [4.78, 5) is 12.1. The molecular formula is C13H9BrCl2N2O. The lowest BCUT2D eigenvalue weighted by molar-refractivity contribution is 0.102. The number of hydrogen-bond donors (Lipinski definition) is 2. The van der Waals surface area contributed by atoms with Gasteiger partial charge in [0.25, 0.3) is 5.91 Å². The van der Waals surface area contributed by atoms with Gasteiger partial charge in [0, 0.05) is 10.2 Å². The molecule has 0 aliphatic carbocycles. The summed E-state index contributed by atoms with van der Waals surface area (Å²) in [6, 6.07) is 9.94. The Morgan fingerprint density at radius 1 is 1.11 bits per heavy atom. The van der Waals surface area contributed by atoms with Crippen LogP contribution in [0.3, 0.4) is 0 Å². The number of nitrogens with two attached hydrogens (primary N) is 1. The minimum atomic E-state index is -0.313. The van der Waals surface area contributed by atoms with E-state index in [-0.39, 0.29) is 5.91 Å². The Bertz CT molecular complexity index is 647. The molecule has 2 aromatic carbocycles. The van der Waals surface area contributed by atoms with Crippen molar-refractivity contribution in [2.24, 2.45) is 0 Å². The SMILES string of the molecule is Nc1ccc(NC(=O)c2cc(Br)ccc2Cl)cc1Cl. The molecule has 98 valence electrons. The van der Waals surface area contributed by atoms with Crippen molar-refractivity contribution in [2.75, 3.05) is 11.1 Å². The Balaban J connectivity index is 2.25. The van der Waals surface area contributed by atoms with Crippen LogP contribution in [0.5, 0.6) is 0 Å². The van der Waals surface area contributed by atoms with Gasteiger partial charge in [-0.15, -0.1) is 0 Å². The summed E-state index contributed by atoms with van der Waals surface area (Å²) in [5.41, 5.74) is 7.00. The number of rotatable bonds is 2. The molecule has 2 rings (SSSR count). The third-order valence-electron chi connectivity index (χ3n) is 2.43. The monoisotopic (exact) mass is 358 g/mol. The van der Waals surface area contributed by atoms with Crippen molar-refractivity contribution in [1.82, 2.24) is 0 Å². The highest BCUT2D eigenvalue weighted by atomic mass is 79.9. The first kappa shape index (κ1) is 14.2. The topological polar surface area (TPSA) is 55.1 Å². The van der Waals surface area contributed by atoms with Gasteiger partial charge >= 0.3 is 0 Å². The van der Waals surface area contributed by atoms with Crippen LogP contribution in [-0.2, 0) is 0 Å². The maximum Gasteiger partial charge on any atom is 0.257 e. The van der Waals surface area contributed by atoms with Crippen molar-refractivity contribution in [1.29, 1.82) is 0 Å². The number of carbonyl (C=O) groups is 1. The summed E-state index contributed by atoms with van der Waals surface area (Å²) < 4.78 is 0.775. The molecule has 1 amide bonds. The third kappa shape index (κ3) is 3.41. The van der Waals surface area contributed by atoms with E-state index in [4.69, 9.17) is 28.9 Å². The van der Waals surface area contributed by atoms with Gasteiger partial charge in [0.05, 0.1) is 21.3 Å². The van der Waals surface area contributed by atoms with E-state index in [1.807, 2.05) is 0 Å². The number of nitrogens with one attached hydrogen (secondary N) is 1. The fraction of sp³-hybridized carbons (Fsp3) is 0. The van der Waals surface area contributed by atoms with E-state index < -0.39 is 0 Å². The molecule has 0 atom stereocenters. The van der Waals surface area contributed by atoms with Gasteiger partial charge in [-0.2, -0.15) is 0 Å². The van der Waals surface area contributed by atoms with Crippen LogP contribution in [0.1, 0.15) is 10.4 Å². The van der Waals surface area contributed by atoms with Crippen LogP contribution in [0.4, 0.5) is 11.4 Å². The number of carbonyl (C=O) groups excluding carboxylic acids is 1. The molecule has 0 aliphatic rings. The molecule has 19 heavy (non-hydrogen) atoms. The average Bonchev–Trinajstić information content (AvgIpc) is 2.36. The van der Waals surface area contributed by atoms with Crippen LogP contribution < -0.4 is 11.1 Å². The standard InChI is InChI=1S/C13H9BrCl2N2O/c14-7-1-3-10(15)9(5-7)13(19)18-8-2-4-12(17)11(16)6-8/h1-6H,17H2,(H,18,19). The van der Waals surface area contributed by atoms with Gasteiger partial charge in [0.15, 0.2) is 0 Å². The minimum absolute atomic E-state index is 0.313. The molecule has 0 saturated heterocycles. The molecule has 3 N–H and O–H groups in total. The molecule has 0 fully saturated rings. The van der Waals surface area contributed by atoms with E-state index in [1.54, 1.807) is 36.4 Å². The molecule has 0 radical (unpaired) electrons. The molecule has 0 unspecified atom stereocenters. The summed E-state index contributed by atoms with van der Waals surface area (Å²) in [5.74, 6) is -0.313. The quantitative estimate of drug-likeness (QED) is 0.770. The van der Waals surface area contributed by atoms with Gasteiger partial charge in [-0.1, -0.05) is 39.1 Å². The van der Waals surface area contributed by atoms with Gasteiger partial charge < -0.3 is 11.1 Å². The molecule has 0 aliphatic heterocycles. The molecular weight excluding hydrogens is 351 g/mol. The van der Waals surface area contributed by atoms with Crippen molar-refractivity contribution < 1.29 is 4.79 Å². The Hall–Kier alpha value is -1.23. The number of halogens is 3. The average molecular weight is 360 g/mol. The second-order valence-electron chi connectivity index (χ2n) is 3.81. The van der Waals surface area contributed by atoms with E-state index in [2.05, 4.69) is 21.2 Å². The van der Waals surface area contributed by atoms with E-state index in [1.165, 1.54) is 0 Å². The lowest BCUT2D eigenvalue weighted by Crippen LogP contribution is -2.12. The molecule has 0 saturated carbocycles. The smallest absolute Gasteiger partial charge is 0.257 e.